The zero-order chi connectivity index (χ0) is 17.5. The maximum Gasteiger partial charge on any atom is 0.136 e. The molecule has 0 bridgehead atoms. The molecule has 0 atom stereocenters. The molecule has 129 valence electrons. The lowest BCUT2D eigenvalue weighted by Crippen LogP contribution is -2.33. The number of hydrogen-bond acceptors (Lipinski definition) is 4. The third-order valence-electron chi connectivity index (χ3n) is 3.83. The Morgan fingerprint density at radius 2 is 1.68 bits per heavy atom. The van der Waals surface area contributed by atoms with Gasteiger partial charge in [-0.3, -0.25) is 0 Å². The lowest BCUT2D eigenvalue weighted by atomic mass is 10.1. The summed E-state index contributed by atoms with van der Waals surface area (Å²) in [5.74, 6) is 2.62. The van der Waals surface area contributed by atoms with Crippen molar-refractivity contribution in [3.05, 3.63) is 71.9 Å². The predicted octanol–water partition coefficient (Wildman–Crippen LogP) is 4.06. The van der Waals surface area contributed by atoms with Gasteiger partial charge in [-0.25, -0.2) is 4.99 Å². The van der Waals surface area contributed by atoms with Crippen LogP contribution in [0.3, 0.4) is 0 Å². The van der Waals surface area contributed by atoms with Gasteiger partial charge in [0, 0.05) is 30.9 Å². The van der Waals surface area contributed by atoms with E-state index < -0.39 is 0 Å². The summed E-state index contributed by atoms with van der Waals surface area (Å²) in [5, 5.41) is 0. The first-order valence-electron chi connectivity index (χ1n) is 8.63. The van der Waals surface area contributed by atoms with Gasteiger partial charge >= 0.3 is 0 Å². The van der Waals surface area contributed by atoms with E-state index in [0.717, 1.165) is 35.0 Å². The third kappa shape index (κ3) is 4.41. The molecule has 0 aromatic heterocycles. The van der Waals surface area contributed by atoms with Crippen molar-refractivity contribution in [2.24, 2.45) is 4.99 Å². The number of hydrogen-bond donors (Lipinski definition) is 0. The number of rotatable bonds is 7. The molecular weight excluding hydrogens is 312 g/mol. The van der Waals surface area contributed by atoms with Crippen molar-refractivity contribution in [1.29, 1.82) is 0 Å². The van der Waals surface area contributed by atoms with Crippen molar-refractivity contribution >= 4 is 5.84 Å². The van der Waals surface area contributed by atoms with Gasteiger partial charge in [-0.15, -0.1) is 0 Å². The van der Waals surface area contributed by atoms with Crippen molar-refractivity contribution in [1.82, 2.24) is 4.90 Å². The molecule has 2 aromatic carbocycles. The summed E-state index contributed by atoms with van der Waals surface area (Å²) in [6.07, 6.45) is 4.94. The Hall–Kier alpha value is -2.75. The smallest absolute Gasteiger partial charge is 0.136 e. The quantitative estimate of drug-likeness (QED) is 0.765. The van der Waals surface area contributed by atoms with E-state index >= 15 is 0 Å². The molecule has 1 radical (unpaired) electrons. The second-order valence-electron chi connectivity index (χ2n) is 5.69. The van der Waals surface area contributed by atoms with Crippen LogP contribution in [-0.4, -0.2) is 30.5 Å². The van der Waals surface area contributed by atoms with Crippen LogP contribution < -0.4 is 9.47 Å². The average molecular weight is 335 g/mol. The molecule has 0 aliphatic carbocycles. The fraction of sp³-hybridized carbons (Fsp3) is 0.286. The summed E-state index contributed by atoms with van der Waals surface area (Å²) in [7, 11) is 0. The van der Waals surface area contributed by atoms with Crippen molar-refractivity contribution < 1.29 is 9.47 Å². The summed E-state index contributed by atoms with van der Waals surface area (Å²) in [6, 6.07) is 16.3. The zero-order valence-electron chi connectivity index (χ0n) is 14.7. The Balaban J connectivity index is 1.85. The van der Waals surface area contributed by atoms with Gasteiger partial charge in [-0.1, -0.05) is 30.3 Å². The molecule has 0 N–H and O–H groups in total. The van der Waals surface area contributed by atoms with Gasteiger partial charge in [0.15, 0.2) is 0 Å². The van der Waals surface area contributed by atoms with E-state index in [0.29, 0.717) is 19.8 Å². The topological polar surface area (TPSA) is 34.1 Å². The summed E-state index contributed by atoms with van der Waals surface area (Å²) >= 11 is 0. The molecule has 1 aliphatic rings. The minimum atomic E-state index is 0.631. The molecule has 0 fully saturated rings. The second kappa shape index (κ2) is 8.38. The number of amidine groups is 1. The van der Waals surface area contributed by atoms with Crippen LogP contribution in [0.15, 0.2) is 59.7 Å². The predicted molar refractivity (Wildman–Crippen MR) is 100.0 cm³/mol. The minimum Gasteiger partial charge on any atom is -0.494 e. The summed E-state index contributed by atoms with van der Waals surface area (Å²) in [4.78, 5) is 6.74. The van der Waals surface area contributed by atoms with Gasteiger partial charge in [0.2, 0.25) is 0 Å². The Bertz CT molecular complexity index is 729. The van der Waals surface area contributed by atoms with E-state index in [1.54, 1.807) is 6.20 Å². The molecule has 25 heavy (non-hydrogen) atoms. The second-order valence-corrected chi connectivity index (χ2v) is 5.69. The molecule has 1 aliphatic heterocycles. The first-order chi connectivity index (χ1) is 12.3. The summed E-state index contributed by atoms with van der Waals surface area (Å²) in [6.45, 7) is 6.65. The van der Waals surface area contributed by atoms with Crippen LogP contribution in [0, 0.1) is 6.08 Å². The minimum absolute atomic E-state index is 0.631. The van der Waals surface area contributed by atoms with Crippen LogP contribution >= 0.6 is 0 Å². The van der Waals surface area contributed by atoms with Gasteiger partial charge in [0.1, 0.15) is 17.3 Å². The fourth-order valence-electron chi connectivity index (χ4n) is 2.83. The number of benzene rings is 2. The van der Waals surface area contributed by atoms with E-state index in [-0.39, 0.29) is 0 Å². The highest BCUT2D eigenvalue weighted by Crippen LogP contribution is 2.25. The van der Waals surface area contributed by atoms with Gasteiger partial charge in [0.25, 0.3) is 0 Å². The molecule has 0 amide bonds. The zero-order valence-corrected chi connectivity index (χ0v) is 14.7. The van der Waals surface area contributed by atoms with Gasteiger partial charge in [-0.05, 0) is 37.6 Å². The lowest BCUT2D eigenvalue weighted by Gasteiger charge is -2.27. The first-order valence-corrected chi connectivity index (χ1v) is 8.63. The van der Waals surface area contributed by atoms with Crippen molar-refractivity contribution in [2.75, 3.05) is 19.8 Å². The monoisotopic (exact) mass is 335 g/mol. The molecule has 1 heterocycles. The Kier molecular flexibility index (Phi) is 5.73. The average Bonchev–Trinajstić information content (AvgIpc) is 2.63. The van der Waals surface area contributed by atoms with Crippen molar-refractivity contribution in [3.8, 4) is 11.5 Å². The molecule has 0 saturated carbocycles. The highest BCUT2D eigenvalue weighted by Gasteiger charge is 2.16. The SMILES string of the molecule is CCOc1cc(CN2C[C]=CN=C2c2ccccc2)cc(OCC)c1. The van der Waals surface area contributed by atoms with Crippen LogP contribution in [0.2, 0.25) is 0 Å². The largest absolute Gasteiger partial charge is 0.494 e. The standard InChI is InChI=1S/C21H23N2O2/c1-3-24-19-13-17(14-20(15-19)25-4-2)16-23-12-8-11-22-21(23)18-9-6-5-7-10-18/h5-7,9-11,13-15H,3-4,12,16H2,1-2H3. The fourth-order valence-corrected chi connectivity index (χ4v) is 2.83. The molecule has 0 saturated heterocycles. The molecule has 4 nitrogen and oxygen atoms in total. The van der Waals surface area contributed by atoms with Gasteiger partial charge in [0.05, 0.1) is 13.2 Å². The van der Waals surface area contributed by atoms with Crippen LogP contribution in [0.25, 0.3) is 0 Å². The number of ether oxygens (including phenoxy) is 2. The van der Waals surface area contributed by atoms with E-state index in [2.05, 4.69) is 40.2 Å². The summed E-state index contributed by atoms with van der Waals surface area (Å²) < 4.78 is 11.4. The normalized spacial score (nSPS) is 13.5. The van der Waals surface area contributed by atoms with Crippen LogP contribution in [0.5, 0.6) is 11.5 Å². The highest BCUT2D eigenvalue weighted by atomic mass is 16.5. The van der Waals surface area contributed by atoms with Gasteiger partial charge < -0.3 is 14.4 Å². The number of aliphatic imine (C=N–C) groups is 1. The van der Waals surface area contributed by atoms with Crippen LogP contribution in [-0.2, 0) is 6.54 Å². The van der Waals surface area contributed by atoms with E-state index in [1.807, 2.05) is 38.1 Å². The molecule has 2 aromatic rings. The third-order valence-corrected chi connectivity index (χ3v) is 3.83. The Labute approximate surface area is 149 Å². The van der Waals surface area contributed by atoms with E-state index in [1.165, 1.54) is 0 Å². The highest BCUT2D eigenvalue weighted by molar-refractivity contribution is 5.99. The van der Waals surface area contributed by atoms with Crippen LogP contribution in [0.1, 0.15) is 25.0 Å². The Morgan fingerprint density at radius 1 is 1.00 bits per heavy atom. The van der Waals surface area contributed by atoms with Crippen molar-refractivity contribution in [2.45, 2.75) is 20.4 Å². The first kappa shape index (κ1) is 17.1. The lowest BCUT2D eigenvalue weighted by molar-refractivity contribution is 0.321. The molecule has 0 spiro atoms. The Morgan fingerprint density at radius 3 is 2.32 bits per heavy atom. The number of nitrogens with zero attached hydrogens (tertiary/aromatic N) is 2. The molecule has 0 unspecified atom stereocenters. The van der Waals surface area contributed by atoms with Gasteiger partial charge in [-0.2, -0.15) is 0 Å². The molecular formula is C21H23N2O2. The molecule has 4 heteroatoms. The van der Waals surface area contributed by atoms with Crippen LogP contribution in [0.4, 0.5) is 0 Å². The van der Waals surface area contributed by atoms with E-state index in [4.69, 9.17) is 9.47 Å². The van der Waals surface area contributed by atoms with E-state index in [9.17, 15) is 0 Å². The van der Waals surface area contributed by atoms with Crippen molar-refractivity contribution in [3.63, 3.8) is 0 Å². The molecule has 3 rings (SSSR count). The maximum absolute atomic E-state index is 5.68. The summed E-state index contributed by atoms with van der Waals surface area (Å²) in [5.41, 5.74) is 2.23. The maximum atomic E-state index is 5.68.